The Hall–Kier alpha value is -4.45. The monoisotopic (exact) mass is 595 g/mol. The van der Waals surface area contributed by atoms with Crippen molar-refractivity contribution in [1.29, 1.82) is 0 Å². The van der Waals surface area contributed by atoms with Crippen LogP contribution in [0.25, 0.3) is 10.2 Å². The highest BCUT2D eigenvalue weighted by Gasteiger charge is 2.30. The predicted molar refractivity (Wildman–Crippen MR) is 157 cm³/mol. The van der Waals surface area contributed by atoms with Crippen LogP contribution in [0.1, 0.15) is 63.9 Å². The van der Waals surface area contributed by atoms with Crippen molar-refractivity contribution in [3.63, 3.8) is 0 Å². The van der Waals surface area contributed by atoms with E-state index in [0.29, 0.717) is 32.2 Å². The van der Waals surface area contributed by atoms with Crippen LogP contribution in [0.5, 0.6) is 0 Å². The van der Waals surface area contributed by atoms with Crippen LogP contribution in [0, 0.1) is 6.92 Å². The molecule has 1 saturated carbocycles. The van der Waals surface area contributed by atoms with E-state index in [1.165, 1.54) is 42.0 Å². The Kier molecular flexibility index (Phi) is 8.44. The van der Waals surface area contributed by atoms with E-state index in [0.717, 1.165) is 37.8 Å². The Morgan fingerprint density at radius 2 is 1.57 bits per heavy atom. The van der Waals surface area contributed by atoms with Crippen molar-refractivity contribution in [3.8, 4) is 0 Å². The average molecular weight is 596 g/mol. The van der Waals surface area contributed by atoms with Crippen molar-refractivity contribution in [2.45, 2.75) is 51.2 Å². The molecular weight excluding hydrogens is 567 g/mol. The molecule has 5 rings (SSSR count). The van der Waals surface area contributed by atoms with Gasteiger partial charge in [-0.25, -0.2) is 9.78 Å². The molecule has 0 radical (unpaired) electrons. The number of benzene rings is 3. The third-order valence-electron chi connectivity index (χ3n) is 7.01. The number of nitrogens with one attached hydrogen (secondary N) is 4. The van der Waals surface area contributed by atoms with E-state index in [1.54, 1.807) is 31.2 Å². The number of carbonyl (C=O) groups is 3. The number of halogens is 3. The van der Waals surface area contributed by atoms with Crippen LogP contribution in [0.3, 0.4) is 0 Å². The van der Waals surface area contributed by atoms with E-state index < -0.39 is 23.6 Å². The Bertz CT molecular complexity index is 1650. The van der Waals surface area contributed by atoms with Crippen LogP contribution in [-0.2, 0) is 6.18 Å². The number of aromatic nitrogens is 1. The van der Waals surface area contributed by atoms with Gasteiger partial charge in [0.05, 0.1) is 15.8 Å². The smallest absolute Gasteiger partial charge is 0.335 e. The molecule has 1 aliphatic carbocycles. The first-order valence-electron chi connectivity index (χ1n) is 13.4. The van der Waals surface area contributed by atoms with Gasteiger partial charge in [-0.05, 0) is 73.9 Å². The van der Waals surface area contributed by atoms with Gasteiger partial charge in [-0.1, -0.05) is 42.7 Å². The number of thiazole rings is 1. The largest absolute Gasteiger partial charge is 0.416 e. The second-order valence-electron chi connectivity index (χ2n) is 10.2. The Labute approximate surface area is 243 Å². The Balaban J connectivity index is 1.25. The molecule has 0 unspecified atom stereocenters. The third kappa shape index (κ3) is 7.06. The van der Waals surface area contributed by atoms with Gasteiger partial charge in [0, 0.05) is 28.5 Å². The lowest BCUT2D eigenvalue weighted by Gasteiger charge is -2.22. The minimum absolute atomic E-state index is 0.000767. The molecule has 42 heavy (non-hydrogen) atoms. The minimum atomic E-state index is -4.54. The van der Waals surface area contributed by atoms with Gasteiger partial charge >= 0.3 is 12.2 Å². The normalized spacial score (nSPS) is 13.9. The molecule has 0 atom stereocenters. The SMILES string of the molecule is Cc1ccc(C(=O)Nc2cccc(C(F)(F)F)c2)cc1NC(=O)c1ccc2nc(NC(=O)NC3CCCCC3)sc2c1. The van der Waals surface area contributed by atoms with Crippen molar-refractivity contribution in [3.05, 3.63) is 82.9 Å². The number of hydrogen-bond donors (Lipinski definition) is 4. The van der Waals surface area contributed by atoms with Crippen LogP contribution in [0.15, 0.2) is 60.7 Å². The summed E-state index contributed by atoms with van der Waals surface area (Å²) in [6.45, 7) is 1.76. The van der Waals surface area contributed by atoms with Crippen LogP contribution < -0.4 is 21.3 Å². The van der Waals surface area contributed by atoms with Crippen molar-refractivity contribution in [2.24, 2.45) is 0 Å². The van der Waals surface area contributed by atoms with Gasteiger partial charge in [0.25, 0.3) is 11.8 Å². The summed E-state index contributed by atoms with van der Waals surface area (Å²) in [5, 5.41) is 11.5. The van der Waals surface area contributed by atoms with Crippen LogP contribution in [-0.4, -0.2) is 28.9 Å². The first-order chi connectivity index (χ1) is 20.0. The molecule has 12 heteroatoms. The summed E-state index contributed by atoms with van der Waals surface area (Å²) >= 11 is 1.25. The number of anilines is 3. The zero-order chi connectivity index (χ0) is 29.9. The topological polar surface area (TPSA) is 112 Å². The highest BCUT2D eigenvalue weighted by Crippen LogP contribution is 2.31. The number of carbonyl (C=O) groups excluding carboxylic acids is 3. The number of nitrogens with zero attached hydrogens (tertiary/aromatic N) is 1. The van der Waals surface area contributed by atoms with Crippen molar-refractivity contribution in [2.75, 3.05) is 16.0 Å². The van der Waals surface area contributed by atoms with Crippen LogP contribution in [0.2, 0.25) is 0 Å². The molecule has 0 aliphatic heterocycles. The van der Waals surface area contributed by atoms with Gasteiger partial charge in [-0.2, -0.15) is 13.2 Å². The molecule has 0 bridgehead atoms. The molecule has 1 heterocycles. The van der Waals surface area contributed by atoms with Crippen molar-refractivity contribution in [1.82, 2.24) is 10.3 Å². The summed E-state index contributed by atoms with van der Waals surface area (Å²) in [7, 11) is 0. The van der Waals surface area contributed by atoms with E-state index in [4.69, 9.17) is 0 Å². The second kappa shape index (κ2) is 12.2. The molecule has 4 N–H and O–H groups in total. The number of alkyl halides is 3. The molecule has 1 aliphatic rings. The molecular formula is C30H28F3N5O3S. The molecule has 218 valence electrons. The number of urea groups is 1. The molecule has 1 fully saturated rings. The van der Waals surface area contributed by atoms with Crippen molar-refractivity contribution >= 4 is 55.9 Å². The standard InChI is InChI=1S/C30H28F3N5O3S/c1-17-10-11-18(26(39)34-22-9-5-6-20(16-22)30(31,32)33)14-24(17)36-27(40)19-12-13-23-25(15-19)42-29(37-23)38-28(41)35-21-7-3-2-4-8-21/h5-6,9-16,21H,2-4,7-8H2,1H3,(H,34,39)(H,36,40)(H2,35,37,38,41). The second-order valence-corrected chi connectivity index (χ2v) is 11.2. The molecule has 4 aromatic rings. The van der Waals surface area contributed by atoms with E-state index >= 15 is 0 Å². The molecule has 4 amide bonds. The summed E-state index contributed by atoms with van der Waals surface area (Å²) in [5.74, 6) is -1.04. The molecule has 1 aromatic heterocycles. The van der Waals surface area contributed by atoms with Gasteiger partial charge < -0.3 is 16.0 Å². The van der Waals surface area contributed by atoms with E-state index in [-0.39, 0.29) is 23.3 Å². The predicted octanol–water partition coefficient (Wildman–Crippen LogP) is 7.58. The highest BCUT2D eigenvalue weighted by molar-refractivity contribution is 7.22. The number of hydrogen-bond acceptors (Lipinski definition) is 5. The maximum atomic E-state index is 13.1. The van der Waals surface area contributed by atoms with Crippen LogP contribution in [0.4, 0.5) is 34.5 Å². The summed E-state index contributed by atoms with van der Waals surface area (Å²) in [6, 6.07) is 13.8. The van der Waals surface area contributed by atoms with Crippen molar-refractivity contribution < 1.29 is 27.6 Å². The average Bonchev–Trinajstić information content (AvgIpc) is 3.35. The maximum Gasteiger partial charge on any atom is 0.416 e. The fourth-order valence-electron chi connectivity index (χ4n) is 4.75. The number of fused-ring (bicyclic) bond motifs is 1. The fourth-order valence-corrected chi connectivity index (χ4v) is 5.65. The van der Waals surface area contributed by atoms with E-state index in [2.05, 4.69) is 26.3 Å². The first-order valence-corrected chi connectivity index (χ1v) is 14.3. The molecule has 0 saturated heterocycles. The number of aryl methyl sites for hydroxylation is 1. The minimum Gasteiger partial charge on any atom is -0.335 e. The Morgan fingerprint density at radius 1 is 0.857 bits per heavy atom. The third-order valence-corrected chi connectivity index (χ3v) is 7.94. The van der Waals surface area contributed by atoms with Crippen LogP contribution >= 0.6 is 11.3 Å². The Morgan fingerprint density at radius 3 is 2.33 bits per heavy atom. The summed E-state index contributed by atoms with van der Waals surface area (Å²) < 4.78 is 39.8. The summed E-state index contributed by atoms with van der Waals surface area (Å²) in [6.07, 6.45) is 0.799. The fraction of sp³-hybridized carbons (Fsp3) is 0.267. The lowest BCUT2D eigenvalue weighted by molar-refractivity contribution is -0.137. The van der Waals surface area contributed by atoms with E-state index in [9.17, 15) is 27.6 Å². The van der Waals surface area contributed by atoms with Gasteiger partial charge in [0.15, 0.2) is 5.13 Å². The van der Waals surface area contributed by atoms with Gasteiger partial charge in [-0.3, -0.25) is 14.9 Å². The number of amides is 4. The van der Waals surface area contributed by atoms with Gasteiger partial charge in [0.2, 0.25) is 0 Å². The lowest BCUT2D eigenvalue weighted by atomic mass is 9.96. The number of rotatable bonds is 6. The molecule has 8 nitrogen and oxygen atoms in total. The summed E-state index contributed by atoms with van der Waals surface area (Å²) in [4.78, 5) is 42.7. The van der Waals surface area contributed by atoms with Gasteiger partial charge in [-0.15, -0.1) is 0 Å². The zero-order valence-corrected chi connectivity index (χ0v) is 23.4. The zero-order valence-electron chi connectivity index (χ0n) is 22.6. The lowest BCUT2D eigenvalue weighted by Crippen LogP contribution is -2.38. The van der Waals surface area contributed by atoms with E-state index in [1.807, 2.05) is 0 Å². The molecule has 0 spiro atoms. The summed E-state index contributed by atoms with van der Waals surface area (Å²) in [5.41, 5.74) is 1.33. The quantitative estimate of drug-likeness (QED) is 0.184. The highest BCUT2D eigenvalue weighted by atomic mass is 32.1. The molecule has 3 aromatic carbocycles. The van der Waals surface area contributed by atoms with Gasteiger partial charge in [0.1, 0.15) is 0 Å². The maximum absolute atomic E-state index is 13.1. The first kappa shape index (κ1) is 29.1.